The maximum atomic E-state index is 12.3. The summed E-state index contributed by atoms with van der Waals surface area (Å²) in [7, 11) is 0. The predicted molar refractivity (Wildman–Crippen MR) is 86.4 cm³/mol. The van der Waals surface area contributed by atoms with Gasteiger partial charge in [0, 0.05) is 45.0 Å². The molecule has 1 aliphatic carbocycles. The molecule has 22 heavy (non-hydrogen) atoms. The summed E-state index contributed by atoms with van der Waals surface area (Å²) in [6.07, 6.45) is 9.48. The molecule has 1 aromatic heterocycles. The molecule has 0 aromatic carbocycles. The molecular formula is C17H24N4O. The second-order valence-corrected chi connectivity index (χ2v) is 6.00. The van der Waals surface area contributed by atoms with Crippen LogP contribution in [0.3, 0.4) is 0 Å². The maximum absolute atomic E-state index is 12.3. The number of piperazine rings is 1. The third-order valence-electron chi connectivity index (χ3n) is 4.33. The summed E-state index contributed by atoms with van der Waals surface area (Å²) in [6, 6.07) is 6.30. The molecule has 0 radical (unpaired) electrons. The summed E-state index contributed by atoms with van der Waals surface area (Å²) < 4.78 is 0. The Balaban J connectivity index is 1.44. The molecular weight excluding hydrogens is 276 g/mol. The van der Waals surface area contributed by atoms with Crippen molar-refractivity contribution in [1.29, 1.82) is 0 Å². The van der Waals surface area contributed by atoms with Gasteiger partial charge < -0.3 is 10.2 Å². The van der Waals surface area contributed by atoms with E-state index in [1.54, 1.807) is 0 Å². The molecule has 5 nitrogen and oxygen atoms in total. The van der Waals surface area contributed by atoms with E-state index < -0.39 is 0 Å². The van der Waals surface area contributed by atoms with Crippen molar-refractivity contribution in [2.24, 2.45) is 0 Å². The first-order valence-corrected chi connectivity index (χ1v) is 8.15. The number of aromatic nitrogens is 1. The Morgan fingerprint density at radius 3 is 2.82 bits per heavy atom. The minimum atomic E-state index is 0.0778. The quantitative estimate of drug-likeness (QED) is 0.869. The molecule has 1 aliphatic heterocycles. The minimum absolute atomic E-state index is 0.0778. The van der Waals surface area contributed by atoms with Gasteiger partial charge in [-0.05, 0) is 31.4 Å². The number of hydrogen-bond acceptors (Lipinski definition) is 3. The van der Waals surface area contributed by atoms with Crippen molar-refractivity contribution in [3.05, 3.63) is 42.2 Å². The summed E-state index contributed by atoms with van der Waals surface area (Å²) in [4.78, 5) is 20.9. The van der Waals surface area contributed by atoms with Crippen molar-refractivity contribution in [3.8, 4) is 0 Å². The van der Waals surface area contributed by atoms with Crippen LogP contribution in [0.2, 0.25) is 0 Å². The molecule has 0 spiro atoms. The molecule has 1 unspecified atom stereocenters. The number of pyridine rings is 1. The van der Waals surface area contributed by atoms with Gasteiger partial charge in [0.05, 0.1) is 5.69 Å². The van der Waals surface area contributed by atoms with Crippen molar-refractivity contribution in [1.82, 2.24) is 20.1 Å². The Kier molecular flexibility index (Phi) is 5.06. The molecule has 1 N–H and O–H groups in total. The average Bonchev–Trinajstić information content (AvgIpc) is 2.57. The number of nitrogens with zero attached hydrogens (tertiary/aromatic N) is 3. The van der Waals surface area contributed by atoms with E-state index in [1.165, 1.54) is 6.42 Å². The van der Waals surface area contributed by atoms with Crippen molar-refractivity contribution in [2.75, 3.05) is 26.2 Å². The number of carbonyl (C=O) groups excluding carboxylic acids is 1. The molecule has 0 bridgehead atoms. The van der Waals surface area contributed by atoms with Crippen LogP contribution >= 0.6 is 0 Å². The smallest absolute Gasteiger partial charge is 0.317 e. The van der Waals surface area contributed by atoms with Crippen molar-refractivity contribution in [2.45, 2.75) is 31.8 Å². The van der Waals surface area contributed by atoms with E-state index in [-0.39, 0.29) is 12.1 Å². The Morgan fingerprint density at radius 1 is 1.27 bits per heavy atom. The second-order valence-electron chi connectivity index (χ2n) is 6.00. The van der Waals surface area contributed by atoms with Crippen LogP contribution in [0.1, 0.15) is 25.0 Å². The molecule has 118 valence electrons. The van der Waals surface area contributed by atoms with Crippen molar-refractivity contribution in [3.63, 3.8) is 0 Å². The Labute approximate surface area is 132 Å². The number of rotatable bonds is 3. The lowest BCUT2D eigenvalue weighted by molar-refractivity contribution is 0.133. The van der Waals surface area contributed by atoms with Crippen molar-refractivity contribution < 1.29 is 4.79 Å². The fourth-order valence-corrected chi connectivity index (χ4v) is 3.01. The highest BCUT2D eigenvalue weighted by Gasteiger charge is 2.22. The van der Waals surface area contributed by atoms with E-state index in [2.05, 4.69) is 33.4 Å². The van der Waals surface area contributed by atoms with Gasteiger partial charge in [-0.3, -0.25) is 9.88 Å². The van der Waals surface area contributed by atoms with Gasteiger partial charge in [0.1, 0.15) is 0 Å². The topological polar surface area (TPSA) is 48.5 Å². The third-order valence-corrected chi connectivity index (χ3v) is 4.33. The van der Waals surface area contributed by atoms with Crippen LogP contribution in [0.4, 0.5) is 4.79 Å². The van der Waals surface area contributed by atoms with E-state index in [0.29, 0.717) is 0 Å². The van der Waals surface area contributed by atoms with Crippen LogP contribution in [0.25, 0.3) is 0 Å². The van der Waals surface area contributed by atoms with Gasteiger partial charge in [-0.1, -0.05) is 18.2 Å². The first-order chi connectivity index (χ1) is 10.8. The first kappa shape index (κ1) is 15.0. The molecule has 2 amide bonds. The lowest BCUT2D eigenvalue weighted by Gasteiger charge is -2.35. The minimum Gasteiger partial charge on any atom is -0.332 e. The van der Waals surface area contributed by atoms with Crippen LogP contribution in [0, 0.1) is 0 Å². The molecule has 5 heteroatoms. The van der Waals surface area contributed by atoms with Gasteiger partial charge in [0.25, 0.3) is 0 Å². The predicted octanol–water partition coefficient (Wildman–Crippen LogP) is 2.02. The highest BCUT2D eigenvalue weighted by atomic mass is 16.2. The summed E-state index contributed by atoms with van der Waals surface area (Å²) >= 11 is 0. The van der Waals surface area contributed by atoms with Crippen LogP contribution < -0.4 is 5.32 Å². The highest BCUT2D eigenvalue weighted by molar-refractivity contribution is 5.75. The van der Waals surface area contributed by atoms with Gasteiger partial charge in [-0.15, -0.1) is 0 Å². The monoisotopic (exact) mass is 300 g/mol. The Morgan fingerprint density at radius 2 is 2.14 bits per heavy atom. The fourth-order valence-electron chi connectivity index (χ4n) is 3.01. The zero-order valence-corrected chi connectivity index (χ0v) is 12.9. The van der Waals surface area contributed by atoms with E-state index >= 15 is 0 Å². The van der Waals surface area contributed by atoms with E-state index in [0.717, 1.165) is 51.3 Å². The molecule has 2 heterocycles. The fraction of sp³-hybridized carbons (Fsp3) is 0.529. The van der Waals surface area contributed by atoms with Crippen LogP contribution in [-0.2, 0) is 6.54 Å². The van der Waals surface area contributed by atoms with Gasteiger partial charge in [0.15, 0.2) is 0 Å². The van der Waals surface area contributed by atoms with Crippen LogP contribution in [0.15, 0.2) is 36.5 Å². The number of allylic oxidation sites excluding steroid dienone is 1. The number of hydrogen-bond donors (Lipinski definition) is 1. The Hall–Kier alpha value is -1.88. The highest BCUT2D eigenvalue weighted by Crippen LogP contribution is 2.11. The molecule has 1 saturated heterocycles. The largest absolute Gasteiger partial charge is 0.332 e. The van der Waals surface area contributed by atoms with Gasteiger partial charge in [-0.25, -0.2) is 4.79 Å². The molecule has 1 fully saturated rings. The summed E-state index contributed by atoms with van der Waals surface area (Å²) in [6.45, 7) is 4.25. The van der Waals surface area contributed by atoms with E-state index in [4.69, 9.17) is 0 Å². The molecule has 3 rings (SSSR count). The Bertz CT molecular complexity index is 509. The summed E-state index contributed by atoms with van der Waals surface area (Å²) in [5.74, 6) is 0. The van der Waals surface area contributed by atoms with Crippen molar-refractivity contribution >= 4 is 6.03 Å². The SMILES string of the molecule is O=C(NC1C=CCCC1)N1CCN(Cc2ccccn2)CC1. The summed E-state index contributed by atoms with van der Waals surface area (Å²) in [5, 5.41) is 3.12. The average molecular weight is 300 g/mol. The van der Waals surface area contributed by atoms with Gasteiger partial charge in [-0.2, -0.15) is 0 Å². The molecule has 0 saturated carbocycles. The van der Waals surface area contributed by atoms with E-state index in [1.807, 2.05) is 23.2 Å². The second kappa shape index (κ2) is 7.40. The maximum Gasteiger partial charge on any atom is 0.317 e. The number of amides is 2. The van der Waals surface area contributed by atoms with Gasteiger partial charge >= 0.3 is 6.03 Å². The van der Waals surface area contributed by atoms with E-state index in [9.17, 15) is 4.79 Å². The lowest BCUT2D eigenvalue weighted by atomic mass is 10.0. The summed E-state index contributed by atoms with van der Waals surface area (Å²) in [5.41, 5.74) is 1.09. The molecule has 1 atom stereocenters. The zero-order chi connectivity index (χ0) is 15.2. The van der Waals surface area contributed by atoms with Crippen LogP contribution in [-0.4, -0.2) is 53.0 Å². The normalized spacial score (nSPS) is 22.5. The number of nitrogens with one attached hydrogen (secondary N) is 1. The van der Waals surface area contributed by atoms with Crippen LogP contribution in [0.5, 0.6) is 0 Å². The number of carbonyl (C=O) groups is 1. The number of urea groups is 1. The third kappa shape index (κ3) is 4.07. The van der Waals surface area contributed by atoms with Gasteiger partial charge in [0.2, 0.25) is 0 Å². The zero-order valence-electron chi connectivity index (χ0n) is 12.9. The molecule has 2 aliphatic rings. The molecule has 1 aromatic rings. The standard InChI is InChI=1S/C17H24N4O/c22-17(19-15-6-2-1-3-7-15)21-12-10-20(11-13-21)14-16-8-4-5-9-18-16/h2,4-6,8-9,15H,1,3,7,10-14H2,(H,19,22). The first-order valence-electron chi connectivity index (χ1n) is 8.15. The lowest BCUT2D eigenvalue weighted by Crippen LogP contribution is -2.53.